The fourth-order valence-corrected chi connectivity index (χ4v) is 2.99. The Morgan fingerprint density at radius 1 is 0.950 bits per heavy atom. The van der Waals surface area contributed by atoms with E-state index in [4.69, 9.17) is 5.73 Å². The average molecular weight is 265 g/mol. The Kier molecular flexibility index (Phi) is 3.66. The molecule has 2 aromatic carbocycles. The van der Waals surface area contributed by atoms with Crippen molar-refractivity contribution >= 4 is 5.78 Å². The predicted octanol–water partition coefficient (Wildman–Crippen LogP) is 3.37. The Labute approximate surface area is 119 Å². The number of fused-ring (bicyclic) bond motifs is 3. The summed E-state index contributed by atoms with van der Waals surface area (Å²) in [4.78, 5) is 11.8. The molecule has 0 amide bonds. The highest BCUT2D eigenvalue weighted by Gasteiger charge is 2.14. The Morgan fingerprint density at radius 3 is 2.45 bits per heavy atom. The van der Waals surface area contributed by atoms with Gasteiger partial charge in [-0.15, -0.1) is 0 Å². The zero-order valence-corrected chi connectivity index (χ0v) is 11.6. The molecule has 0 fully saturated rings. The molecule has 1 aliphatic carbocycles. The van der Waals surface area contributed by atoms with Gasteiger partial charge in [0.25, 0.3) is 0 Å². The number of hydrogen-bond donors (Lipinski definition) is 1. The second-order valence-corrected chi connectivity index (χ2v) is 5.36. The van der Waals surface area contributed by atoms with Crippen LogP contribution in [0.5, 0.6) is 0 Å². The zero-order valence-electron chi connectivity index (χ0n) is 11.6. The lowest BCUT2D eigenvalue weighted by molar-refractivity contribution is 0.100. The van der Waals surface area contributed by atoms with Crippen LogP contribution in [0.3, 0.4) is 0 Å². The topological polar surface area (TPSA) is 43.1 Å². The maximum absolute atomic E-state index is 11.8. The van der Waals surface area contributed by atoms with Crippen LogP contribution in [-0.4, -0.2) is 12.3 Å². The molecule has 0 aromatic heterocycles. The van der Waals surface area contributed by atoms with Crippen molar-refractivity contribution in [2.24, 2.45) is 5.73 Å². The van der Waals surface area contributed by atoms with E-state index in [2.05, 4.69) is 30.3 Å². The third-order valence-corrected chi connectivity index (χ3v) is 4.06. The molecule has 0 aliphatic heterocycles. The summed E-state index contributed by atoms with van der Waals surface area (Å²) in [6, 6.07) is 14.6. The van der Waals surface area contributed by atoms with Crippen molar-refractivity contribution in [2.45, 2.75) is 25.7 Å². The first-order valence-electron chi connectivity index (χ1n) is 7.24. The lowest BCUT2D eigenvalue weighted by atomic mass is 9.87. The number of aryl methyl sites for hydroxylation is 2. The lowest BCUT2D eigenvalue weighted by Crippen LogP contribution is -2.14. The van der Waals surface area contributed by atoms with Crippen molar-refractivity contribution in [2.75, 3.05) is 6.54 Å². The molecule has 0 heterocycles. The number of carbonyl (C=O) groups is 1. The molecule has 1 aliphatic rings. The third-order valence-electron chi connectivity index (χ3n) is 4.06. The maximum atomic E-state index is 11.8. The molecule has 0 atom stereocenters. The van der Waals surface area contributed by atoms with E-state index in [1.54, 1.807) is 0 Å². The normalized spacial score (nSPS) is 13.8. The van der Waals surface area contributed by atoms with Crippen LogP contribution in [-0.2, 0) is 12.8 Å². The van der Waals surface area contributed by atoms with E-state index in [1.165, 1.54) is 35.1 Å². The lowest BCUT2D eigenvalue weighted by Gasteiger charge is -2.18. The van der Waals surface area contributed by atoms with Crippen LogP contribution in [0.2, 0.25) is 0 Å². The number of nitrogens with two attached hydrogens (primary N) is 1. The average Bonchev–Trinajstić information content (AvgIpc) is 2.48. The molecule has 20 heavy (non-hydrogen) atoms. The molecule has 0 unspecified atom stereocenters. The van der Waals surface area contributed by atoms with E-state index < -0.39 is 0 Å². The Bertz CT molecular complexity index is 646. The number of rotatable bonds is 2. The summed E-state index contributed by atoms with van der Waals surface area (Å²) < 4.78 is 0. The van der Waals surface area contributed by atoms with Crippen LogP contribution in [0.25, 0.3) is 11.1 Å². The van der Waals surface area contributed by atoms with Crippen molar-refractivity contribution in [3.63, 3.8) is 0 Å². The number of ketones is 1. The van der Waals surface area contributed by atoms with Crippen molar-refractivity contribution in [3.05, 3.63) is 59.2 Å². The van der Waals surface area contributed by atoms with E-state index in [0.29, 0.717) is 0 Å². The van der Waals surface area contributed by atoms with Crippen LogP contribution in [0.15, 0.2) is 42.5 Å². The van der Waals surface area contributed by atoms with Gasteiger partial charge in [0, 0.05) is 5.56 Å². The first-order chi connectivity index (χ1) is 9.79. The van der Waals surface area contributed by atoms with Crippen molar-refractivity contribution < 1.29 is 4.79 Å². The molecule has 102 valence electrons. The smallest absolute Gasteiger partial charge is 0.176 e. The summed E-state index contributed by atoms with van der Waals surface area (Å²) in [5.41, 5.74) is 11.5. The van der Waals surface area contributed by atoms with E-state index in [-0.39, 0.29) is 12.3 Å². The van der Waals surface area contributed by atoms with Crippen LogP contribution < -0.4 is 5.73 Å². The van der Waals surface area contributed by atoms with Gasteiger partial charge in [-0.05, 0) is 54.0 Å². The Balaban J connectivity index is 2.13. The first kappa shape index (κ1) is 13.1. The predicted molar refractivity (Wildman–Crippen MR) is 81.9 cm³/mol. The standard InChI is InChI=1S/C18H19NO/c19-12-18(20)15-9-10-17-14(11-15)7-2-1-5-13-6-3-4-8-16(13)17/h3-4,6,8-11H,1-2,5,7,12,19H2. The van der Waals surface area contributed by atoms with Crippen molar-refractivity contribution in [1.82, 2.24) is 0 Å². The van der Waals surface area contributed by atoms with Gasteiger partial charge in [-0.25, -0.2) is 0 Å². The molecular weight excluding hydrogens is 246 g/mol. The van der Waals surface area contributed by atoms with E-state index in [1.807, 2.05) is 12.1 Å². The number of hydrogen-bond acceptors (Lipinski definition) is 2. The molecule has 0 spiro atoms. The number of carbonyl (C=O) groups excluding carboxylic acids is 1. The van der Waals surface area contributed by atoms with E-state index in [9.17, 15) is 4.79 Å². The quantitative estimate of drug-likeness (QED) is 0.846. The zero-order chi connectivity index (χ0) is 13.9. The van der Waals surface area contributed by atoms with Crippen molar-refractivity contribution in [1.29, 1.82) is 0 Å². The molecule has 2 N–H and O–H groups in total. The van der Waals surface area contributed by atoms with Crippen LogP contribution in [0, 0.1) is 0 Å². The van der Waals surface area contributed by atoms with Gasteiger partial charge in [-0.3, -0.25) is 4.79 Å². The van der Waals surface area contributed by atoms with E-state index in [0.717, 1.165) is 18.4 Å². The molecule has 0 bridgehead atoms. The maximum Gasteiger partial charge on any atom is 0.176 e. The van der Waals surface area contributed by atoms with Crippen LogP contribution in [0.4, 0.5) is 0 Å². The fourth-order valence-electron chi connectivity index (χ4n) is 2.99. The number of benzene rings is 2. The van der Waals surface area contributed by atoms with Gasteiger partial charge in [-0.1, -0.05) is 36.4 Å². The van der Waals surface area contributed by atoms with Crippen LogP contribution >= 0.6 is 0 Å². The summed E-state index contributed by atoms with van der Waals surface area (Å²) in [7, 11) is 0. The third kappa shape index (κ3) is 2.39. The van der Waals surface area contributed by atoms with E-state index >= 15 is 0 Å². The molecule has 0 saturated heterocycles. The van der Waals surface area contributed by atoms with Gasteiger partial charge in [-0.2, -0.15) is 0 Å². The summed E-state index contributed by atoms with van der Waals surface area (Å²) in [6.45, 7) is 0.0787. The SMILES string of the molecule is NCC(=O)c1ccc2c(c1)CCCCc1ccccc1-2. The molecule has 0 radical (unpaired) electrons. The van der Waals surface area contributed by atoms with Gasteiger partial charge >= 0.3 is 0 Å². The van der Waals surface area contributed by atoms with Gasteiger partial charge in [0.1, 0.15) is 0 Å². The summed E-state index contributed by atoms with van der Waals surface area (Å²) >= 11 is 0. The molecular formula is C18H19NO. The van der Waals surface area contributed by atoms with Gasteiger partial charge in [0.15, 0.2) is 5.78 Å². The summed E-state index contributed by atoms with van der Waals surface area (Å²) in [5.74, 6) is 0.0168. The second-order valence-electron chi connectivity index (χ2n) is 5.36. The molecule has 2 nitrogen and oxygen atoms in total. The molecule has 2 aromatic rings. The minimum atomic E-state index is 0.0168. The Morgan fingerprint density at radius 2 is 1.65 bits per heavy atom. The molecule has 0 saturated carbocycles. The van der Waals surface area contributed by atoms with Gasteiger partial charge < -0.3 is 5.73 Å². The highest BCUT2D eigenvalue weighted by atomic mass is 16.1. The largest absolute Gasteiger partial charge is 0.324 e. The Hall–Kier alpha value is -1.93. The minimum absolute atomic E-state index is 0.0168. The monoisotopic (exact) mass is 265 g/mol. The minimum Gasteiger partial charge on any atom is -0.324 e. The molecule has 3 rings (SSSR count). The van der Waals surface area contributed by atoms with Gasteiger partial charge in [0.05, 0.1) is 6.54 Å². The second kappa shape index (κ2) is 5.59. The van der Waals surface area contributed by atoms with Crippen molar-refractivity contribution in [3.8, 4) is 11.1 Å². The fraction of sp³-hybridized carbons (Fsp3) is 0.278. The number of Topliss-reactive ketones (excluding diaryl/α,β-unsaturated/α-hetero) is 1. The highest BCUT2D eigenvalue weighted by molar-refractivity contribution is 5.98. The molecule has 2 heteroatoms. The van der Waals surface area contributed by atoms with Crippen LogP contribution in [0.1, 0.15) is 34.3 Å². The highest BCUT2D eigenvalue weighted by Crippen LogP contribution is 2.32. The summed E-state index contributed by atoms with van der Waals surface area (Å²) in [6.07, 6.45) is 4.54. The van der Waals surface area contributed by atoms with Gasteiger partial charge in [0.2, 0.25) is 0 Å². The first-order valence-corrected chi connectivity index (χ1v) is 7.24. The summed E-state index contributed by atoms with van der Waals surface area (Å²) in [5, 5.41) is 0.